The van der Waals surface area contributed by atoms with E-state index in [4.69, 9.17) is 23.2 Å². The monoisotopic (exact) mass is 244 g/mol. The fraction of sp³-hybridized carbons (Fsp3) is 0.545. The Kier molecular flexibility index (Phi) is 3.70. The molecule has 0 N–H and O–H groups in total. The lowest BCUT2D eigenvalue weighted by Gasteiger charge is -2.15. The van der Waals surface area contributed by atoms with Gasteiger partial charge in [-0.2, -0.15) is 0 Å². The van der Waals surface area contributed by atoms with Gasteiger partial charge in [-0.25, -0.2) is 4.98 Å². The summed E-state index contributed by atoms with van der Waals surface area (Å²) in [5, 5.41) is 0.975. The van der Waals surface area contributed by atoms with Gasteiger partial charge in [0.25, 0.3) is 0 Å². The second-order valence-corrected chi connectivity index (χ2v) is 4.98. The third-order valence-electron chi connectivity index (χ3n) is 1.98. The van der Waals surface area contributed by atoms with Crippen LogP contribution in [-0.2, 0) is 12.0 Å². The summed E-state index contributed by atoms with van der Waals surface area (Å²) in [4.78, 5) is 4.26. The van der Waals surface area contributed by atoms with Gasteiger partial charge in [0.2, 0.25) is 5.28 Å². The molecule has 0 fully saturated rings. The molecule has 0 saturated carbocycles. The van der Waals surface area contributed by atoms with E-state index < -0.39 is 0 Å². The normalized spacial score (nSPS) is 11.1. The molecule has 0 spiro atoms. The Bertz CT molecular complexity index is 416. The Morgan fingerprint density at radius 3 is 2.33 bits per heavy atom. The smallest absolute Gasteiger partial charge is 0.205 e. The van der Waals surface area contributed by atoms with Crippen LogP contribution in [-0.4, -0.2) is 9.55 Å². The standard InChI is InChI=1S/C11H14Cl2N2/c1-5-6-7-15-9(12)8(11(2,3)4)14-10(15)13/h7H2,1-4H3. The van der Waals surface area contributed by atoms with Gasteiger partial charge in [0.1, 0.15) is 5.15 Å². The van der Waals surface area contributed by atoms with Crippen molar-refractivity contribution in [2.75, 3.05) is 0 Å². The molecule has 82 valence electrons. The van der Waals surface area contributed by atoms with Crippen LogP contribution in [0, 0.1) is 11.8 Å². The van der Waals surface area contributed by atoms with E-state index in [1.165, 1.54) is 0 Å². The first kappa shape index (κ1) is 12.4. The van der Waals surface area contributed by atoms with E-state index in [-0.39, 0.29) is 5.41 Å². The van der Waals surface area contributed by atoms with E-state index in [0.717, 1.165) is 5.69 Å². The van der Waals surface area contributed by atoms with Crippen LogP contribution in [0.1, 0.15) is 33.4 Å². The van der Waals surface area contributed by atoms with Crippen LogP contribution < -0.4 is 0 Å². The van der Waals surface area contributed by atoms with E-state index in [1.807, 2.05) is 20.8 Å². The third-order valence-corrected chi connectivity index (χ3v) is 2.66. The summed E-state index contributed by atoms with van der Waals surface area (Å²) in [6, 6.07) is 0. The number of hydrogen-bond acceptors (Lipinski definition) is 1. The average molecular weight is 245 g/mol. The summed E-state index contributed by atoms with van der Waals surface area (Å²) in [5.74, 6) is 5.72. The number of nitrogens with zero attached hydrogens (tertiary/aromatic N) is 2. The molecule has 0 aliphatic rings. The maximum absolute atomic E-state index is 6.20. The zero-order valence-electron chi connectivity index (χ0n) is 9.36. The summed E-state index contributed by atoms with van der Waals surface area (Å²) < 4.78 is 1.71. The van der Waals surface area contributed by atoms with Crippen LogP contribution in [0.4, 0.5) is 0 Å². The summed E-state index contributed by atoms with van der Waals surface area (Å²) in [6.45, 7) is 8.41. The second-order valence-electron chi connectivity index (χ2n) is 4.28. The molecular formula is C11H14Cl2N2. The van der Waals surface area contributed by atoms with E-state index in [1.54, 1.807) is 11.5 Å². The van der Waals surface area contributed by atoms with E-state index in [2.05, 4.69) is 16.8 Å². The van der Waals surface area contributed by atoms with E-state index in [0.29, 0.717) is 17.0 Å². The zero-order valence-corrected chi connectivity index (χ0v) is 10.9. The zero-order chi connectivity index (χ0) is 11.6. The Morgan fingerprint density at radius 1 is 1.33 bits per heavy atom. The number of hydrogen-bond donors (Lipinski definition) is 0. The largest absolute Gasteiger partial charge is 0.294 e. The highest BCUT2D eigenvalue weighted by atomic mass is 35.5. The van der Waals surface area contributed by atoms with Crippen LogP contribution in [0.5, 0.6) is 0 Å². The quantitative estimate of drug-likeness (QED) is 0.692. The van der Waals surface area contributed by atoms with Crippen molar-refractivity contribution in [3.8, 4) is 11.8 Å². The molecular weight excluding hydrogens is 231 g/mol. The fourth-order valence-electron chi connectivity index (χ4n) is 1.18. The topological polar surface area (TPSA) is 17.8 Å². The molecule has 0 aliphatic carbocycles. The minimum atomic E-state index is -0.106. The van der Waals surface area contributed by atoms with Crippen molar-refractivity contribution in [3.63, 3.8) is 0 Å². The summed E-state index contributed by atoms with van der Waals surface area (Å²) in [5.41, 5.74) is 0.707. The molecule has 15 heavy (non-hydrogen) atoms. The highest BCUT2D eigenvalue weighted by Crippen LogP contribution is 2.31. The lowest BCUT2D eigenvalue weighted by molar-refractivity contribution is 0.571. The van der Waals surface area contributed by atoms with Crippen LogP contribution in [0.15, 0.2) is 0 Å². The predicted molar refractivity (Wildman–Crippen MR) is 64.4 cm³/mol. The maximum atomic E-state index is 6.20. The number of aromatic nitrogens is 2. The molecule has 0 radical (unpaired) electrons. The summed E-state index contributed by atoms with van der Waals surface area (Å²) >= 11 is 12.2. The lowest BCUT2D eigenvalue weighted by atomic mass is 9.93. The summed E-state index contributed by atoms with van der Waals surface area (Å²) in [7, 11) is 0. The van der Waals surface area contributed by atoms with Gasteiger partial charge >= 0.3 is 0 Å². The van der Waals surface area contributed by atoms with Crippen molar-refractivity contribution >= 4 is 23.2 Å². The highest BCUT2D eigenvalue weighted by molar-refractivity contribution is 6.33. The number of rotatable bonds is 1. The number of halogens is 2. The van der Waals surface area contributed by atoms with E-state index >= 15 is 0 Å². The van der Waals surface area contributed by atoms with E-state index in [9.17, 15) is 0 Å². The minimum Gasteiger partial charge on any atom is -0.294 e. The van der Waals surface area contributed by atoms with Crippen LogP contribution in [0.25, 0.3) is 0 Å². The van der Waals surface area contributed by atoms with Crippen LogP contribution >= 0.6 is 23.2 Å². The van der Waals surface area contributed by atoms with Gasteiger partial charge in [0.05, 0.1) is 12.2 Å². The van der Waals surface area contributed by atoms with Crippen molar-refractivity contribution in [1.82, 2.24) is 9.55 Å². The van der Waals surface area contributed by atoms with Crippen molar-refractivity contribution in [1.29, 1.82) is 0 Å². The van der Waals surface area contributed by atoms with Gasteiger partial charge in [0, 0.05) is 5.41 Å². The molecule has 0 saturated heterocycles. The molecule has 0 bridgehead atoms. The molecule has 1 rings (SSSR count). The molecule has 4 heteroatoms. The molecule has 0 aromatic carbocycles. The maximum Gasteiger partial charge on any atom is 0.205 e. The Morgan fingerprint density at radius 2 is 1.93 bits per heavy atom. The number of imidazole rings is 1. The molecule has 1 heterocycles. The van der Waals surface area contributed by atoms with Crippen molar-refractivity contribution in [2.45, 2.75) is 39.7 Å². The van der Waals surface area contributed by atoms with Crippen LogP contribution in [0.2, 0.25) is 10.4 Å². The average Bonchev–Trinajstić information content (AvgIpc) is 2.39. The first-order valence-electron chi connectivity index (χ1n) is 4.69. The van der Waals surface area contributed by atoms with Gasteiger partial charge in [-0.3, -0.25) is 4.57 Å². The molecule has 1 aromatic rings. The first-order chi connectivity index (χ1) is 6.88. The Balaban J connectivity index is 3.18. The van der Waals surface area contributed by atoms with Gasteiger partial charge in [0.15, 0.2) is 0 Å². The fourth-order valence-corrected chi connectivity index (χ4v) is 1.92. The van der Waals surface area contributed by atoms with Gasteiger partial charge in [-0.1, -0.05) is 38.3 Å². The molecule has 1 aromatic heterocycles. The molecule has 0 aliphatic heterocycles. The van der Waals surface area contributed by atoms with Gasteiger partial charge in [-0.05, 0) is 18.5 Å². The molecule has 0 atom stereocenters. The van der Waals surface area contributed by atoms with Crippen molar-refractivity contribution in [2.24, 2.45) is 0 Å². The van der Waals surface area contributed by atoms with Crippen LogP contribution in [0.3, 0.4) is 0 Å². The van der Waals surface area contributed by atoms with Crippen molar-refractivity contribution < 1.29 is 0 Å². The SMILES string of the molecule is CC#CCn1c(Cl)nc(C(C)(C)C)c1Cl. The van der Waals surface area contributed by atoms with Gasteiger partial charge < -0.3 is 0 Å². The van der Waals surface area contributed by atoms with Gasteiger partial charge in [-0.15, -0.1) is 5.92 Å². The second kappa shape index (κ2) is 4.47. The highest BCUT2D eigenvalue weighted by Gasteiger charge is 2.24. The molecule has 0 amide bonds. The molecule has 2 nitrogen and oxygen atoms in total. The van der Waals surface area contributed by atoms with Crippen molar-refractivity contribution in [3.05, 3.63) is 16.1 Å². The molecule has 0 unspecified atom stereocenters. The first-order valence-corrected chi connectivity index (χ1v) is 5.45. The third kappa shape index (κ3) is 2.68. The summed E-state index contributed by atoms with van der Waals surface area (Å²) in [6.07, 6.45) is 0. The minimum absolute atomic E-state index is 0.106. The lowest BCUT2D eigenvalue weighted by Crippen LogP contribution is -2.12. The Labute approximate surface area is 101 Å². The predicted octanol–water partition coefficient (Wildman–Crippen LogP) is 3.51. The Hall–Kier alpha value is -0.650.